The van der Waals surface area contributed by atoms with Crippen molar-refractivity contribution >= 4 is 17.5 Å². The predicted octanol–water partition coefficient (Wildman–Crippen LogP) is 0.438. The van der Waals surface area contributed by atoms with Crippen molar-refractivity contribution in [3.8, 4) is 0 Å². The van der Waals surface area contributed by atoms with E-state index in [1.807, 2.05) is 0 Å². The van der Waals surface area contributed by atoms with Crippen LogP contribution in [0.3, 0.4) is 0 Å². The molecule has 0 aliphatic carbocycles. The Morgan fingerprint density at radius 2 is 2.27 bits per heavy atom. The number of rotatable bonds is 5. The molecular weight excluding hydrogens is 222 g/mol. The average molecular weight is 232 g/mol. The molecule has 0 radical (unpaired) electrons. The van der Waals surface area contributed by atoms with Gasteiger partial charge in [0.05, 0.1) is 25.6 Å². The number of halogens is 1. The number of methoxy groups -OCH3 is 1. The monoisotopic (exact) mass is 231 g/mol. The first kappa shape index (κ1) is 11.8. The SMILES string of the molecule is COCCONC(=O)c1cnc(Cl)cn1. The number of nitrogens with zero attached hydrogens (tertiary/aromatic N) is 2. The maximum absolute atomic E-state index is 11.3. The van der Waals surface area contributed by atoms with Crippen molar-refractivity contribution < 1.29 is 14.4 Å². The summed E-state index contributed by atoms with van der Waals surface area (Å²) < 4.78 is 4.72. The number of hydroxylamine groups is 1. The van der Waals surface area contributed by atoms with E-state index in [9.17, 15) is 4.79 Å². The van der Waals surface area contributed by atoms with Gasteiger partial charge in [0.15, 0.2) is 0 Å². The first-order chi connectivity index (χ1) is 7.24. The zero-order chi connectivity index (χ0) is 11.1. The number of amides is 1. The highest BCUT2D eigenvalue weighted by molar-refractivity contribution is 6.29. The van der Waals surface area contributed by atoms with Crippen molar-refractivity contribution in [1.29, 1.82) is 0 Å². The minimum absolute atomic E-state index is 0.136. The Labute approximate surface area is 91.5 Å². The molecule has 0 aromatic carbocycles. The second kappa shape index (κ2) is 6.28. The first-order valence-corrected chi connectivity index (χ1v) is 4.50. The second-order valence-corrected chi connectivity index (χ2v) is 2.88. The van der Waals surface area contributed by atoms with Crippen LogP contribution in [0, 0.1) is 0 Å². The molecule has 0 bridgehead atoms. The minimum Gasteiger partial charge on any atom is -0.382 e. The van der Waals surface area contributed by atoms with E-state index in [-0.39, 0.29) is 17.5 Å². The van der Waals surface area contributed by atoms with Gasteiger partial charge in [-0.2, -0.15) is 0 Å². The van der Waals surface area contributed by atoms with Crippen LogP contribution in [0.2, 0.25) is 5.15 Å². The Balaban J connectivity index is 2.37. The van der Waals surface area contributed by atoms with Crippen molar-refractivity contribution in [3.05, 3.63) is 23.2 Å². The van der Waals surface area contributed by atoms with Crippen LogP contribution in [0.4, 0.5) is 0 Å². The molecule has 0 saturated carbocycles. The van der Waals surface area contributed by atoms with Gasteiger partial charge in [-0.3, -0.25) is 9.63 Å². The van der Waals surface area contributed by atoms with E-state index in [1.54, 1.807) is 0 Å². The van der Waals surface area contributed by atoms with Gasteiger partial charge < -0.3 is 4.74 Å². The number of carbonyl (C=O) groups is 1. The summed E-state index contributed by atoms with van der Waals surface area (Å²) in [5.74, 6) is -0.477. The summed E-state index contributed by atoms with van der Waals surface area (Å²) in [7, 11) is 1.54. The highest BCUT2D eigenvalue weighted by atomic mass is 35.5. The summed E-state index contributed by atoms with van der Waals surface area (Å²) in [5.41, 5.74) is 2.32. The molecule has 0 aliphatic rings. The molecule has 1 rings (SSSR count). The molecule has 0 spiro atoms. The highest BCUT2D eigenvalue weighted by Crippen LogP contribution is 2.00. The normalized spacial score (nSPS) is 10.0. The Kier molecular flexibility index (Phi) is 4.96. The van der Waals surface area contributed by atoms with Crippen LogP contribution in [0.25, 0.3) is 0 Å². The van der Waals surface area contributed by atoms with E-state index >= 15 is 0 Å². The van der Waals surface area contributed by atoms with Crippen molar-refractivity contribution in [3.63, 3.8) is 0 Å². The van der Waals surface area contributed by atoms with E-state index in [0.717, 1.165) is 0 Å². The molecular formula is C8H10ClN3O3. The van der Waals surface area contributed by atoms with Gasteiger partial charge in [-0.25, -0.2) is 15.4 Å². The van der Waals surface area contributed by atoms with Crippen molar-refractivity contribution in [2.75, 3.05) is 20.3 Å². The fourth-order valence-electron chi connectivity index (χ4n) is 0.723. The minimum atomic E-state index is -0.477. The lowest BCUT2D eigenvalue weighted by atomic mass is 10.4. The molecule has 0 atom stereocenters. The van der Waals surface area contributed by atoms with E-state index in [4.69, 9.17) is 21.2 Å². The van der Waals surface area contributed by atoms with Gasteiger partial charge in [0, 0.05) is 7.11 Å². The molecule has 0 unspecified atom stereocenters. The molecule has 15 heavy (non-hydrogen) atoms. The number of nitrogens with one attached hydrogen (secondary N) is 1. The zero-order valence-corrected chi connectivity index (χ0v) is 8.82. The summed E-state index contributed by atoms with van der Waals surface area (Å²) in [6, 6.07) is 0. The van der Waals surface area contributed by atoms with Gasteiger partial charge in [-0.15, -0.1) is 0 Å². The number of hydrogen-bond donors (Lipinski definition) is 1. The van der Waals surface area contributed by atoms with Crippen LogP contribution < -0.4 is 5.48 Å². The molecule has 7 heteroatoms. The Morgan fingerprint density at radius 1 is 1.47 bits per heavy atom. The van der Waals surface area contributed by atoms with Crippen molar-refractivity contribution in [2.24, 2.45) is 0 Å². The topological polar surface area (TPSA) is 73.3 Å². The largest absolute Gasteiger partial charge is 0.382 e. The third-order valence-corrected chi connectivity index (χ3v) is 1.60. The lowest BCUT2D eigenvalue weighted by Gasteiger charge is -2.04. The van der Waals surface area contributed by atoms with Gasteiger partial charge in [-0.05, 0) is 0 Å². The molecule has 6 nitrogen and oxygen atoms in total. The van der Waals surface area contributed by atoms with Crippen molar-refractivity contribution in [1.82, 2.24) is 15.4 Å². The summed E-state index contributed by atoms with van der Waals surface area (Å²) >= 11 is 5.51. The Hall–Kier alpha value is -1.24. The Bertz CT molecular complexity index is 317. The number of aromatic nitrogens is 2. The van der Waals surface area contributed by atoms with Crippen molar-refractivity contribution in [2.45, 2.75) is 0 Å². The quantitative estimate of drug-likeness (QED) is 0.588. The number of ether oxygens (including phenoxy) is 1. The predicted molar refractivity (Wildman–Crippen MR) is 52.3 cm³/mol. The fraction of sp³-hybridized carbons (Fsp3) is 0.375. The molecule has 0 aliphatic heterocycles. The molecule has 0 fully saturated rings. The van der Waals surface area contributed by atoms with Crippen LogP contribution in [0.15, 0.2) is 12.4 Å². The lowest BCUT2D eigenvalue weighted by Crippen LogP contribution is -2.26. The zero-order valence-electron chi connectivity index (χ0n) is 8.07. The number of hydrogen-bond acceptors (Lipinski definition) is 5. The Morgan fingerprint density at radius 3 is 2.87 bits per heavy atom. The summed E-state index contributed by atoms with van der Waals surface area (Å²) in [6.45, 7) is 0.663. The highest BCUT2D eigenvalue weighted by Gasteiger charge is 2.06. The molecule has 1 amide bonds. The van der Waals surface area contributed by atoms with Crippen LogP contribution >= 0.6 is 11.6 Å². The van der Waals surface area contributed by atoms with Gasteiger partial charge in [0.2, 0.25) is 0 Å². The summed E-state index contributed by atoms with van der Waals surface area (Å²) in [4.78, 5) is 23.6. The third kappa shape index (κ3) is 4.20. The summed E-state index contributed by atoms with van der Waals surface area (Å²) in [5, 5.41) is 0.229. The summed E-state index contributed by atoms with van der Waals surface area (Å²) in [6.07, 6.45) is 2.54. The molecule has 1 aromatic heterocycles. The van der Waals surface area contributed by atoms with Gasteiger partial charge in [-0.1, -0.05) is 11.6 Å². The maximum Gasteiger partial charge on any atom is 0.295 e. The van der Waals surface area contributed by atoms with Crippen LogP contribution in [-0.4, -0.2) is 36.2 Å². The van der Waals surface area contributed by atoms with E-state index < -0.39 is 5.91 Å². The molecule has 0 saturated heterocycles. The smallest absolute Gasteiger partial charge is 0.295 e. The molecule has 1 N–H and O–H groups in total. The third-order valence-electron chi connectivity index (χ3n) is 1.41. The molecule has 82 valence electrons. The average Bonchev–Trinajstić information content (AvgIpc) is 2.25. The van der Waals surface area contributed by atoms with E-state index in [2.05, 4.69) is 15.4 Å². The van der Waals surface area contributed by atoms with Crippen LogP contribution in [0.1, 0.15) is 10.5 Å². The van der Waals surface area contributed by atoms with E-state index in [1.165, 1.54) is 19.5 Å². The first-order valence-electron chi connectivity index (χ1n) is 4.12. The fourth-order valence-corrected chi connectivity index (χ4v) is 0.821. The van der Waals surface area contributed by atoms with Gasteiger partial charge in [0.1, 0.15) is 10.8 Å². The van der Waals surface area contributed by atoms with Gasteiger partial charge >= 0.3 is 0 Å². The standard InChI is InChI=1S/C8H10ClN3O3/c1-14-2-3-15-12-8(13)6-4-11-7(9)5-10-6/h4-5H,2-3H2,1H3,(H,12,13). The van der Waals surface area contributed by atoms with Crippen LogP contribution in [0.5, 0.6) is 0 Å². The van der Waals surface area contributed by atoms with E-state index in [0.29, 0.717) is 6.61 Å². The van der Waals surface area contributed by atoms with Crippen LogP contribution in [-0.2, 0) is 9.57 Å². The molecule has 1 aromatic rings. The second-order valence-electron chi connectivity index (χ2n) is 2.50. The molecule has 1 heterocycles. The maximum atomic E-state index is 11.3. The number of carbonyl (C=O) groups excluding carboxylic acids is 1. The lowest BCUT2D eigenvalue weighted by molar-refractivity contribution is 0.00855. The van der Waals surface area contributed by atoms with Gasteiger partial charge in [0.25, 0.3) is 5.91 Å².